The van der Waals surface area contributed by atoms with Crippen LogP contribution in [0.5, 0.6) is 0 Å². The number of ether oxygens (including phenoxy) is 1. The van der Waals surface area contributed by atoms with Gasteiger partial charge in [-0.25, -0.2) is 4.79 Å². The Kier molecular flexibility index (Phi) is 5.44. The number of rotatable bonds is 6. The van der Waals surface area contributed by atoms with Gasteiger partial charge in [-0.05, 0) is 38.1 Å². The Morgan fingerprint density at radius 2 is 2.14 bits per heavy atom. The number of nitrogens with one attached hydrogen (secondary N) is 1. The van der Waals surface area contributed by atoms with Gasteiger partial charge in [-0.15, -0.1) is 0 Å². The first-order valence-corrected chi connectivity index (χ1v) is 7.53. The van der Waals surface area contributed by atoms with Crippen LogP contribution in [-0.4, -0.2) is 44.2 Å². The first-order chi connectivity index (χ1) is 10.1. The van der Waals surface area contributed by atoms with E-state index in [2.05, 4.69) is 17.3 Å². The lowest BCUT2D eigenvalue weighted by atomic mass is 10.1. The van der Waals surface area contributed by atoms with Gasteiger partial charge in [0.05, 0.1) is 24.0 Å². The number of methoxy groups -OCH3 is 1. The number of nitrogen functional groups attached to an aromatic ring is 1. The van der Waals surface area contributed by atoms with Crippen LogP contribution in [0.15, 0.2) is 18.2 Å². The van der Waals surface area contributed by atoms with Crippen LogP contribution in [0.4, 0.5) is 11.4 Å². The highest BCUT2D eigenvalue weighted by Gasteiger charge is 2.18. The third kappa shape index (κ3) is 4.11. The van der Waals surface area contributed by atoms with Gasteiger partial charge < -0.3 is 20.7 Å². The van der Waals surface area contributed by atoms with E-state index in [9.17, 15) is 4.79 Å². The molecule has 1 aliphatic rings. The van der Waals surface area contributed by atoms with Crippen molar-refractivity contribution < 1.29 is 9.53 Å². The summed E-state index contributed by atoms with van der Waals surface area (Å²) in [5, 5.41) is 3.31. The van der Waals surface area contributed by atoms with Crippen LogP contribution in [0.2, 0.25) is 0 Å². The molecule has 2 rings (SSSR count). The number of nitrogens with zero attached hydrogens (tertiary/aromatic N) is 1. The van der Waals surface area contributed by atoms with Gasteiger partial charge in [0.25, 0.3) is 0 Å². The summed E-state index contributed by atoms with van der Waals surface area (Å²) >= 11 is 0. The Morgan fingerprint density at radius 1 is 1.43 bits per heavy atom. The molecule has 0 saturated heterocycles. The van der Waals surface area contributed by atoms with Crippen molar-refractivity contribution >= 4 is 17.3 Å². The SMILES string of the molecule is COC(=O)c1ccc(N)c(NCCN(C)C2CCCC2)c1. The second-order valence-corrected chi connectivity index (χ2v) is 5.64. The Hall–Kier alpha value is -1.75. The van der Waals surface area contributed by atoms with E-state index < -0.39 is 0 Å². The van der Waals surface area contributed by atoms with E-state index >= 15 is 0 Å². The lowest BCUT2D eigenvalue weighted by Gasteiger charge is -2.24. The van der Waals surface area contributed by atoms with Crippen LogP contribution in [0, 0.1) is 0 Å². The molecule has 21 heavy (non-hydrogen) atoms. The van der Waals surface area contributed by atoms with Gasteiger partial charge in [-0.3, -0.25) is 0 Å². The molecule has 116 valence electrons. The van der Waals surface area contributed by atoms with Gasteiger partial charge in [0.2, 0.25) is 0 Å². The molecule has 1 aliphatic carbocycles. The molecular formula is C16H25N3O2. The van der Waals surface area contributed by atoms with E-state index in [-0.39, 0.29) is 5.97 Å². The number of nitrogens with two attached hydrogens (primary N) is 1. The van der Waals surface area contributed by atoms with Crippen LogP contribution in [0.25, 0.3) is 0 Å². The number of carbonyl (C=O) groups is 1. The topological polar surface area (TPSA) is 67.6 Å². The van der Waals surface area contributed by atoms with Crippen LogP contribution in [-0.2, 0) is 4.74 Å². The average molecular weight is 291 g/mol. The van der Waals surface area contributed by atoms with Gasteiger partial charge >= 0.3 is 5.97 Å². The summed E-state index contributed by atoms with van der Waals surface area (Å²) in [7, 11) is 3.55. The number of esters is 1. The molecule has 0 atom stereocenters. The van der Waals surface area contributed by atoms with E-state index in [1.807, 2.05) is 0 Å². The minimum absolute atomic E-state index is 0.346. The normalized spacial score (nSPS) is 15.4. The molecule has 0 amide bonds. The Bertz CT molecular complexity index is 484. The van der Waals surface area contributed by atoms with Gasteiger partial charge in [0, 0.05) is 19.1 Å². The monoisotopic (exact) mass is 291 g/mol. The van der Waals surface area contributed by atoms with Crippen LogP contribution < -0.4 is 11.1 Å². The van der Waals surface area contributed by atoms with Crippen molar-refractivity contribution in [2.45, 2.75) is 31.7 Å². The molecule has 0 spiro atoms. The fraction of sp³-hybridized carbons (Fsp3) is 0.562. The summed E-state index contributed by atoms with van der Waals surface area (Å²) in [5.41, 5.74) is 7.89. The minimum Gasteiger partial charge on any atom is -0.465 e. The maximum Gasteiger partial charge on any atom is 0.337 e. The molecule has 3 N–H and O–H groups in total. The number of hydrogen-bond acceptors (Lipinski definition) is 5. The van der Waals surface area contributed by atoms with Gasteiger partial charge in [-0.2, -0.15) is 0 Å². The predicted molar refractivity (Wildman–Crippen MR) is 85.6 cm³/mol. The molecule has 0 aliphatic heterocycles. The fourth-order valence-corrected chi connectivity index (χ4v) is 2.85. The Balaban J connectivity index is 1.88. The van der Waals surface area contributed by atoms with Crippen LogP contribution >= 0.6 is 0 Å². The first-order valence-electron chi connectivity index (χ1n) is 7.53. The van der Waals surface area contributed by atoms with Gasteiger partial charge in [0.15, 0.2) is 0 Å². The second kappa shape index (κ2) is 7.31. The van der Waals surface area contributed by atoms with E-state index in [0.29, 0.717) is 17.3 Å². The molecule has 0 unspecified atom stereocenters. The average Bonchev–Trinajstić information content (AvgIpc) is 3.02. The van der Waals surface area contributed by atoms with Gasteiger partial charge in [0.1, 0.15) is 0 Å². The van der Waals surface area contributed by atoms with E-state index in [1.54, 1.807) is 18.2 Å². The van der Waals surface area contributed by atoms with Crippen molar-refractivity contribution in [3.05, 3.63) is 23.8 Å². The van der Waals surface area contributed by atoms with Crippen molar-refractivity contribution in [2.24, 2.45) is 0 Å². The summed E-state index contributed by atoms with van der Waals surface area (Å²) in [6.07, 6.45) is 5.29. The van der Waals surface area contributed by atoms with Crippen molar-refractivity contribution in [1.29, 1.82) is 0 Å². The smallest absolute Gasteiger partial charge is 0.337 e. The fourth-order valence-electron chi connectivity index (χ4n) is 2.85. The third-order valence-corrected chi connectivity index (χ3v) is 4.20. The molecule has 0 bridgehead atoms. The summed E-state index contributed by atoms with van der Waals surface area (Å²) in [6.45, 7) is 1.77. The minimum atomic E-state index is -0.346. The van der Waals surface area contributed by atoms with E-state index in [0.717, 1.165) is 18.8 Å². The number of carbonyl (C=O) groups excluding carboxylic acids is 1. The highest BCUT2D eigenvalue weighted by molar-refractivity contribution is 5.91. The summed E-state index contributed by atoms with van der Waals surface area (Å²) in [4.78, 5) is 13.9. The largest absolute Gasteiger partial charge is 0.465 e. The number of likely N-dealkylation sites (N-methyl/N-ethyl adjacent to an activating group) is 1. The van der Waals surface area contributed by atoms with Crippen molar-refractivity contribution in [3.63, 3.8) is 0 Å². The van der Waals surface area contributed by atoms with Crippen molar-refractivity contribution in [3.8, 4) is 0 Å². The Morgan fingerprint density at radius 3 is 2.81 bits per heavy atom. The molecule has 1 saturated carbocycles. The lowest BCUT2D eigenvalue weighted by molar-refractivity contribution is 0.0601. The molecular weight excluding hydrogens is 266 g/mol. The summed E-state index contributed by atoms with van der Waals surface area (Å²) < 4.78 is 4.73. The highest BCUT2D eigenvalue weighted by atomic mass is 16.5. The molecule has 5 nitrogen and oxygen atoms in total. The number of benzene rings is 1. The molecule has 0 heterocycles. The van der Waals surface area contributed by atoms with E-state index in [4.69, 9.17) is 10.5 Å². The van der Waals surface area contributed by atoms with Crippen LogP contribution in [0.1, 0.15) is 36.0 Å². The maximum absolute atomic E-state index is 11.5. The first kappa shape index (κ1) is 15.6. The van der Waals surface area contributed by atoms with Crippen molar-refractivity contribution in [1.82, 2.24) is 4.90 Å². The molecule has 5 heteroatoms. The maximum atomic E-state index is 11.5. The Labute approximate surface area is 126 Å². The zero-order chi connectivity index (χ0) is 15.2. The number of hydrogen-bond donors (Lipinski definition) is 2. The third-order valence-electron chi connectivity index (χ3n) is 4.20. The summed E-state index contributed by atoms with van der Waals surface area (Å²) in [5.74, 6) is -0.346. The number of anilines is 2. The quantitative estimate of drug-likeness (QED) is 0.622. The van der Waals surface area contributed by atoms with E-state index in [1.165, 1.54) is 32.8 Å². The lowest BCUT2D eigenvalue weighted by Crippen LogP contribution is -2.33. The molecule has 1 fully saturated rings. The summed E-state index contributed by atoms with van der Waals surface area (Å²) in [6, 6.07) is 5.87. The highest BCUT2D eigenvalue weighted by Crippen LogP contribution is 2.23. The zero-order valence-corrected chi connectivity index (χ0v) is 12.9. The second-order valence-electron chi connectivity index (χ2n) is 5.64. The zero-order valence-electron chi connectivity index (χ0n) is 12.9. The molecule has 0 radical (unpaired) electrons. The van der Waals surface area contributed by atoms with Gasteiger partial charge in [-0.1, -0.05) is 12.8 Å². The van der Waals surface area contributed by atoms with Crippen molar-refractivity contribution in [2.75, 3.05) is 38.3 Å². The standard InChI is InChI=1S/C16H25N3O2/c1-19(13-5-3-4-6-13)10-9-18-15-11-12(16(20)21-2)7-8-14(15)17/h7-8,11,13,18H,3-6,9-10,17H2,1-2H3. The molecule has 0 aromatic heterocycles. The molecule has 1 aromatic carbocycles. The predicted octanol–water partition coefficient (Wildman–Crippen LogP) is 2.34. The van der Waals surface area contributed by atoms with Crippen LogP contribution in [0.3, 0.4) is 0 Å². The molecule has 1 aromatic rings.